The van der Waals surface area contributed by atoms with Crippen molar-refractivity contribution < 1.29 is 0 Å². The fraction of sp³-hybridized carbons (Fsp3) is 0.167. The molecule has 8 rings (SSSR count). The van der Waals surface area contributed by atoms with Crippen molar-refractivity contribution in [3.8, 4) is 0 Å². The molecule has 3 heterocycles. The average molecular weight is 551 g/mol. The fourth-order valence-electron chi connectivity index (χ4n) is 7.06. The van der Waals surface area contributed by atoms with Gasteiger partial charge in [-0.25, -0.2) is 0 Å². The molecule has 0 bridgehead atoms. The van der Waals surface area contributed by atoms with Crippen LogP contribution in [0.2, 0.25) is 0 Å². The maximum absolute atomic E-state index is 4.93. The van der Waals surface area contributed by atoms with Gasteiger partial charge in [-0.1, -0.05) is 100 Å². The van der Waals surface area contributed by atoms with E-state index in [4.69, 9.17) is 8.75 Å². The lowest BCUT2D eigenvalue weighted by molar-refractivity contribution is 0.631. The molecule has 0 N–H and O–H groups in total. The van der Waals surface area contributed by atoms with Gasteiger partial charge in [-0.3, -0.25) is 0 Å². The van der Waals surface area contributed by atoms with Gasteiger partial charge >= 0.3 is 0 Å². The normalized spacial score (nSPS) is 16.1. The third kappa shape index (κ3) is 3.27. The SMILES string of the molecule is CC1(C)c2ccccc2N(c2ccc(N3c4ccccc4C(C)(C)c4ccccc43)c3nsnc23)c2ccccc21. The van der Waals surface area contributed by atoms with Crippen LogP contribution >= 0.6 is 11.7 Å². The zero-order valence-corrected chi connectivity index (χ0v) is 24.4. The number of anilines is 6. The van der Waals surface area contributed by atoms with Crippen LogP contribution in [-0.4, -0.2) is 8.75 Å². The molecule has 0 radical (unpaired) electrons. The Bertz CT molecular complexity index is 1750. The van der Waals surface area contributed by atoms with Crippen molar-refractivity contribution in [2.45, 2.75) is 38.5 Å². The van der Waals surface area contributed by atoms with Gasteiger partial charge in [0.05, 0.1) is 45.9 Å². The molecule has 2 aliphatic rings. The lowest BCUT2D eigenvalue weighted by Gasteiger charge is -2.43. The van der Waals surface area contributed by atoms with Gasteiger partial charge in [-0.05, 0) is 58.7 Å². The van der Waals surface area contributed by atoms with Crippen molar-refractivity contribution in [1.82, 2.24) is 8.75 Å². The number of fused-ring (bicyclic) bond motifs is 5. The number of hydrogen-bond acceptors (Lipinski definition) is 5. The van der Waals surface area contributed by atoms with Crippen LogP contribution in [0.5, 0.6) is 0 Å². The number of benzene rings is 5. The van der Waals surface area contributed by atoms with E-state index in [2.05, 4.69) is 147 Å². The summed E-state index contributed by atoms with van der Waals surface area (Å²) in [5.41, 5.74) is 13.7. The molecule has 0 fully saturated rings. The van der Waals surface area contributed by atoms with E-state index in [1.54, 1.807) is 0 Å². The highest BCUT2D eigenvalue weighted by Crippen LogP contribution is 2.55. The molecule has 0 saturated heterocycles. The minimum absolute atomic E-state index is 0.114. The summed E-state index contributed by atoms with van der Waals surface area (Å²) in [4.78, 5) is 4.76. The number of para-hydroxylation sites is 4. The molecular formula is C36H30N4S. The van der Waals surface area contributed by atoms with Crippen molar-refractivity contribution in [3.05, 3.63) is 131 Å². The van der Waals surface area contributed by atoms with E-state index in [9.17, 15) is 0 Å². The van der Waals surface area contributed by atoms with Gasteiger partial charge < -0.3 is 9.80 Å². The van der Waals surface area contributed by atoms with Crippen LogP contribution in [0.4, 0.5) is 34.1 Å². The molecule has 200 valence electrons. The monoisotopic (exact) mass is 550 g/mol. The van der Waals surface area contributed by atoms with Crippen LogP contribution < -0.4 is 9.80 Å². The lowest BCUT2D eigenvalue weighted by Crippen LogP contribution is -2.31. The summed E-state index contributed by atoms with van der Waals surface area (Å²) in [5, 5.41) is 0. The molecule has 0 atom stereocenters. The summed E-state index contributed by atoms with van der Waals surface area (Å²) in [7, 11) is 0. The van der Waals surface area contributed by atoms with E-state index in [0.717, 1.165) is 22.4 Å². The molecule has 6 aromatic rings. The van der Waals surface area contributed by atoms with Gasteiger partial charge in [0.15, 0.2) is 0 Å². The number of rotatable bonds is 2. The molecule has 1 aromatic heterocycles. The van der Waals surface area contributed by atoms with E-state index in [0.29, 0.717) is 0 Å². The molecule has 5 aromatic carbocycles. The van der Waals surface area contributed by atoms with Gasteiger partial charge in [0.2, 0.25) is 0 Å². The minimum atomic E-state index is -0.114. The highest BCUT2D eigenvalue weighted by atomic mass is 32.1. The molecule has 2 aliphatic heterocycles. The maximum atomic E-state index is 4.93. The minimum Gasteiger partial charge on any atom is -0.308 e. The van der Waals surface area contributed by atoms with Crippen LogP contribution in [0.25, 0.3) is 11.0 Å². The van der Waals surface area contributed by atoms with Crippen molar-refractivity contribution >= 4 is 56.9 Å². The smallest absolute Gasteiger partial charge is 0.130 e. The molecule has 0 amide bonds. The Kier molecular flexibility index (Phi) is 5.05. The van der Waals surface area contributed by atoms with Gasteiger partial charge in [-0.2, -0.15) is 8.75 Å². The largest absolute Gasteiger partial charge is 0.308 e. The summed E-state index contributed by atoms with van der Waals surface area (Å²) in [6.07, 6.45) is 0. The van der Waals surface area contributed by atoms with Gasteiger partial charge in [0.25, 0.3) is 0 Å². The first-order valence-electron chi connectivity index (χ1n) is 14.1. The quantitative estimate of drug-likeness (QED) is 0.215. The zero-order valence-electron chi connectivity index (χ0n) is 23.6. The number of aromatic nitrogens is 2. The second-order valence-electron chi connectivity index (χ2n) is 12.1. The summed E-state index contributed by atoms with van der Waals surface area (Å²) >= 11 is 1.28. The van der Waals surface area contributed by atoms with Gasteiger partial charge in [0.1, 0.15) is 11.0 Å². The van der Waals surface area contributed by atoms with Gasteiger partial charge in [-0.15, -0.1) is 0 Å². The molecule has 4 nitrogen and oxygen atoms in total. The topological polar surface area (TPSA) is 32.3 Å². The third-order valence-electron chi connectivity index (χ3n) is 9.13. The predicted octanol–water partition coefficient (Wildman–Crippen LogP) is 9.91. The van der Waals surface area contributed by atoms with E-state index in [1.165, 1.54) is 56.7 Å². The molecule has 0 aliphatic carbocycles. The van der Waals surface area contributed by atoms with Crippen LogP contribution in [0, 0.1) is 0 Å². The van der Waals surface area contributed by atoms with E-state index in [1.807, 2.05) is 0 Å². The summed E-state index contributed by atoms with van der Waals surface area (Å²) in [6.45, 7) is 9.27. The second kappa shape index (κ2) is 8.51. The van der Waals surface area contributed by atoms with Crippen LogP contribution in [0.1, 0.15) is 49.9 Å². The van der Waals surface area contributed by atoms with Crippen LogP contribution in [0.15, 0.2) is 109 Å². The highest BCUT2D eigenvalue weighted by molar-refractivity contribution is 7.00. The maximum Gasteiger partial charge on any atom is 0.130 e. The summed E-state index contributed by atoms with van der Waals surface area (Å²) in [6, 6.07) is 39.5. The highest BCUT2D eigenvalue weighted by Gasteiger charge is 2.39. The predicted molar refractivity (Wildman–Crippen MR) is 171 cm³/mol. The third-order valence-corrected chi connectivity index (χ3v) is 9.66. The van der Waals surface area contributed by atoms with Crippen molar-refractivity contribution in [1.29, 1.82) is 0 Å². The molecule has 5 heteroatoms. The first-order chi connectivity index (χ1) is 19.9. The van der Waals surface area contributed by atoms with Crippen LogP contribution in [0.3, 0.4) is 0 Å². The second-order valence-corrected chi connectivity index (χ2v) is 12.6. The van der Waals surface area contributed by atoms with Crippen LogP contribution in [-0.2, 0) is 10.8 Å². The van der Waals surface area contributed by atoms with Crippen molar-refractivity contribution in [2.24, 2.45) is 0 Å². The molecule has 0 spiro atoms. The molecular weight excluding hydrogens is 520 g/mol. The number of nitrogens with zero attached hydrogens (tertiary/aromatic N) is 4. The van der Waals surface area contributed by atoms with Gasteiger partial charge in [0, 0.05) is 10.8 Å². The summed E-state index contributed by atoms with van der Waals surface area (Å²) in [5.74, 6) is 0. The fourth-order valence-corrected chi connectivity index (χ4v) is 7.62. The van der Waals surface area contributed by atoms with E-state index in [-0.39, 0.29) is 10.8 Å². The Morgan fingerprint density at radius 2 is 0.707 bits per heavy atom. The van der Waals surface area contributed by atoms with E-state index >= 15 is 0 Å². The zero-order chi connectivity index (χ0) is 27.9. The molecule has 0 unspecified atom stereocenters. The molecule has 0 saturated carbocycles. The standard InChI is InChI=1S/C36H30N4S/c1-35(2)23-13-5-9-17-27(23)39(28-18-10-6-14-24(28)35)31-21-22-32(34-33(31)37-41-38-34)40-29-19-11-7-15-25(29)36(3,4)26-16-8-12-20-30(26)40/h5-22H,1-4H3. The summed E-state index contributed by atoms with van der Waals surface area (Å²) < 4.78 is 9.87. The Balaban J connectivity index is 1.38. The average Bonchev–Trinajstić information content (AvgIpc) is 3.49. The number of hydrogen-bond donors (Lipinski definition) is 0. The lowest BCUT2D eigenvalue weighted by atomic mass is 9.73. The molecule has 41 heavy (non-hydrogen) atoms. The Hall–Kier alpha value is -4.48. The van der Waals surface area contributed by atoms with E-state index < -0.39 is 0 Å². The van der Waals surface area contributed by atoms with Crippen molar-refractivity contribution in [2.75, 3.05) is 9.80 Å². The first-order valence-corrected chi connectivity index (χ1v) is 14.9. The Morgan fingerprint density at radius 3 is 1.02 bits per heavy atom. The Morgan fingerprint density at radius 1 is 0.415 bits per heavy atom. The Labute approximate surface area is 244 Å². The van der Waals surface area contributed by atoms with Crippen molar-refractivity contribution in [3.63, 3.8) is 0 Å². The first kappa shape index (κ1) is 24.3.